The number of nitrogens with zero attached hydrogens (tertiary/aromatic N) is 3. The minimum atomic E-state index is 0.124. The Morgan fingerprint density at radius 3 is 2.80 bits per heavy atom. The molecule has 20 heavy (non-hydrogen) atoms. The monoisotopic (exact) mass is 273 g/mol. The fraction of sp³-hybridized carbons (Fsp3) is 0.429. The van der Waals surface area contributed by atoms with Gasteiger partial charge in [-0.05, 0) is 19.2 Å². The number of carbonyl (C=O) groups is 1. The number of benzene rings is 1. The van der Waals surface area contributed by atoms with Crippen LogP contribution in [0.4, 0.5) is 5.95 Å². The van der Waals surface area contributed by atoms with Crippen LogP contribution < -0.4 is 5.32 Å². The van der Waals surface area contributed by atoms with E-state index < -0.39 is 0 Å². The molecular formula is C14H19N5O. The summed E-state index contributed by atoms with van der Waals surface area (Å²) in [5, 5.41) is 3.07. The number of nitrogens with one attached hydrogen (secondary N) is 2. The Morgan fingerprint density at radius 1 is 1.30 bits per heavy atom. The van der Waals surface area contributed by atoms with Gasteiger partial charge in [0.15, 0.2) is 0 Å². The van der Waals surface area contributed by atoms with Crippen LogP contribution in [0, 0.1) is 0 Å². The highest BCUT2D eigenvalue weighted by atomic mass is 16.2. The number of para-hydroxylation sites is 2. The van der Waals surface area contributed by atoms with E-state index in [-0.39, 0.29) is 12.5 Å². The molecular weight excluding hydrogens is 254 g/mol. The first-order valence-electron chi connectivity index (χ1n) is 6.87. The Bertz CT molecular complexity index is 567. The van der Waals surface area contributed by atoms with Gasteiger partial charge in [-0.1, -0.05) is 12.1 Å². The summed E-state index contributed by atoms with van der Waals surface area (Å²) in [6, 6.07) is 7.82. The summed E-state index contributed by atoms with van der Waals surface area (Å²) in [6.07, 6.45) is 0. The molecule has 1 saturated heterocycles. The van der Waals surface area contributed by atoms with Crippen molar-refractivity contribution in [1.82, 2.24) is 19.8 Å². The number of rotatable bonds is 3. The minimum absolute atomic E-state index is 0.124. The van der Waals surface area contributed by atoms with Crippen molar-refractivity contribution in [2.24, 2.45) is 0 Å². The van der Waals surface area contributed by atoms with E-state index >= 15 is 0 Å². The molecule has 106 valence electrons. The van der Waals surface area contributed by atoms with E-state index in [0.29, 0.717) is 5.95 Å². The molecule has 1 aromatic heterocycles. The molecule has 0 aliphatic carbocycles. The van der Waals surface area contributed by atoms with Crippen molar-refractivity contribution >= 4 is 22.9 Å². The molecule has 1 aliphatic rings. The lowest BCUT2D eigenvalue weighted by atomic mass is 10.3. The maximum absolute atomic E-state index is 12.1. The van der Waals surface area contributed by atoms with Gasteiger partial charge in [0.05, 0.1) is 17.6 Å². The molecule has 6 heteroatoms. The van der Waals surface area contributed by atoms with Crippen molar-refractivity contribution in [3.05, 3.63) is 24.3 Å². The molecule has 2 heterocycles. The molecule has 0 atom stereocenters. The first kappa shape index (κ1) is 12.9. The van der Waals surface area contributed by atoms with Crippen molar-refractivity contribution in [2.45, 2.75) is 0 Å². The molecule has 0 saturated carbocycles. The zero-order valence-electron chi connectivity index (χ0n) is 11.6. The molecule has 2 aromatic rings. The summed E-state index contributed by atoms with van der Waals surface area (Å²) in [4.78, 5) is 23.8. The predicted molar refractivity (Wildman–Crippen MR) is 78.7 cm³/mol. The second-order valence-electron chi connectivity index (χ2n) is 5.14. The van der Waals surface area contributed by atoms with Gasteiger partial charge in [-0.15, -0.1) is 0 Å². The largest absolute Gasteiger partial charge is 0.347 e. The second kappa shape index (κ2) is 5.50. The van der Waals surface area contributed by atoms with Gasteiger partial charge in [-0.3, -0.25) is 4.79 Å². The number of carbonyl (C=O) groups excluding carboxylic acids is 1. The van der Waals surface area contributed by atoms with Crippen LogP contribution in [0.5, 0.6) is 0 Å². The average molecular weight is 273 g/mol. The molecule has 0 spiro atoms. The first-order valence-corrected chi connectivity index (χ1v) is 6.87. The number of likely N-dealkylation sites (N-methyl/N-ethyl adjacent to an activating group) is 1. The zero-order valence-corrected chi connectivity index (χ0v) is 11.6. The number of hydrogen-bond donors (Lipinski definition) is 2. The number of piperazine rings is 1. The molecule has 1 aromatic carbocycles. The van der Waals surface area contributed by atoms with Crippen LogP contribution in [0.1, 0.15) is 0 Å². The fourth-order valence-electron chi connectivity index (χ4n) is 2.36. The number of amides is 1. The van der Waals surface area contributed by atoms with E-state index in [1.807, 2.05) is 29.2 Å². The summed E-state index contributed by atoms with van der Waals surface area (Å²) >= 11 is 0. The Kier molecular flexibility index (Phi) is 3.56. The number of fused-ring (bicyclic) bond motifs is 1. The standard InChI is InChI=1S/C14H19N5O/c1-18-6-8-19(9-7-18)13(20)10-15-14-16-11-4-2-3-5-12(11)17-14/h2-5H,6-10H2,1H3,(H2,15,16,17). The van der Waals surface area contributed by atoms with Crippen LogP contribution in [0.15, 0.2) is 24.3 Å². The number of H-pyrrole nitrogens is 1. The third-order valence-corrected chi connectivity index (χ3v) is 3.65. The normalized spacial score (nSPS) is 16.6. The lowest BCUT2D eigenvalue weighted by Crippen LogP contribution is -2.48. The number of aromatic amines is 1. The van der Waals surface area contributed by atoms with E-state index in [1.165, 1.54) is 0 Å². The molecule has 1 amide bonds. The summed E-state index contributed by atoms with van der Waals surface area (Å²) in [5.74, 6) is 0.771. The van der Waals surface area contributed by atoms with E-state index in [4.69, 9.17) is 0 Å². The van der Waals surface area contributed by atoms with Gasteiger partial charge in [0.1, 0.15) is 0 Å². The molecule has 0 unspecified atom stereocenters. The summed E-state index contributed by atoms with van der Waals surface area (Å²) in [5.41, 5.74) is 1.88. The number of imidazole rings is 1. The summed E-state index contributed by atoms with van der Waals surface area (Å²) in [7, 11) is 2.08. The minimum Gasteiger partial charge on any atom is -0.347 e. The van der Waals surface area contributed by atoms with E-state index in [0.717, 1.165) is 37.2 Å². The van der Waals surface area contributed by atoms with Crippen molar-refractivity contribution in [2.75, 3.05) is 45.1 Å². The third kappa shape index (κ3) is 2.75. The molecule has 0 bridgehead atoms. The summed E-state index contributed by atoms with van der Waals surface area (Å²) < 4.78 is 0. The van der Waals surface area contributed by atoms with Crippen molar-refractivity contribution < 1.29 is 4.79 Å². The third-order valence-electron chi connectivity index (χ3n) is 3.65. The van der Waals surface area contributed by atoms with E-state index in [9.17, 15) is 4.79 Å². The molecule has 2 N–H and O–H groups in total. The number of anilines is 1. The van der Waals surface area contributed by atoms with Gasteiger partial charge < -0.3 is 20.1 Å². The van der Waals surface area contributed by atoms with Crippen LogP contribution >= 0.6 is 0 Å². The van der Waals surface area contributed by atoms with Crippen LogP contribution in [-0.4, -0.2) is 65.4 Å². The van der Waals surface area contributed by atoms with Gasteiger partial charge in [0.25, 0.3) is 0 Å². The number of aromatic nitrogens is 2. The summed E-state index contributed by atoms with van der Waals surface area (Å²) in [6.45, 7) is 3.77. The van der Waals surface area contributed by atoms with Crippen LogP contribution in [-0.2, 0) is 4.79 Å². The van der Waals surface area contributed by atoms with Gasteiger partial charge in [-0.2, -0.15) is 0 Å². The molecule has 6 nitrogen and oxygen atoms in total. The number of hydrogen-bond acceptors (Lipinski definition) is 4. The Balaban J connectivity index is 1.57. The first-order chi connectivity index (χ1) is 9.72. The fourth-order valence-corrected chi connectivity index (χ4v) is 2.36. The second-order valence-corrected chi connectivity index (χ2v) is 5.14. The lowest BCUT2D eigenvalue weighted by molar-refractivity contribution is -0.130. The highest BCUT2D eigenvalue weighted by molar-refractivity contribution is 5.82. The van der Waals surface area contributed by atoms with Crippen LogP contribution in [0.25, 0.3) is 11.0 Å². The van der Waals surface area contributed by atoms with Crippen molar-refractivity contribution in [3.8, 4) is 0 Å². The van der Waals surface area contributed by atoms with Gasteiger partial charge in [0.2, 0.25) is 11.9 Å². The topological polar surface area (TPSA) is 64.3 Å². The van der Waals surface area contributed by atoms with Gasteiger partial charge >= 0.3 is 0 Å². The molecule has 1 fully saturated rings. The predicted octanol–water partition coefficient (Wildman–Crippen LogP) is 0.749. The van der Waals surface area contributed by atoms with Crippen LogP contribution in [0.3, 0.4) is 0 Å². The van der Waals surface area contributed by atoms with E-state index in [2.05, 4.69) is 27.2 Å². The molecule has 3 rings (SSSR count). The maximum atomic E-state index is 12.1. The highest BCUT2D eigenvalue weighted by Gasteiger charge is 2.18. The lowest BCUT2D eigenvalue weighted by Gasteiger charge is -2.32. The molecule has 1 aliphatic heterocycles. The van der Waals surface area contributed by atoms with E-state index in [1.54, 1.807) is 0 Å². The molecule has 0 radical (unpaired) electrons. The van der Waals surface area contributed by atoms with Crippen molar-refractivity contribution in [1.29, 1.82) is 0 Å². The maximum Gasteiger partial charge on any atom is 0.242 e. The Morgan fingerprint density at radius 2 is 2.05 bits per heavy atom. The Labute approximate surface area is 117 Å². The zero-order chi connectivity index (χ0) is 13.9. The SMILES string of the molecule is CN1CCN(C(=O)CNc2nc3ccccc3[nH]2)CC1. The quantitative estimate of drug-likeness (QED) is 0.866. The van der Waals surface area contributed by atoms with Gasteiger partial charge in [-0.25, -0.2) is 4.98 Å². The highest BCUT2D eigenvalue weighted by Crippen LogP contribution is 2.13. The smallest absolute Gasteiger partial charge is 0.242 e. The average Bonchev–Trinajstić information content (AvgIpc) is 2.88. The van der Waals surface area contributed by atoms with Gasteiger partial charge in [0, 0.05) is 26.2 Å². The van der Waals surface area contributed by atoms with Crippen LogP contribution in [0.2, 0.25) is 0 Å². The van der Waals surface area contributed by atoms with Crippen molar-refractivity contribution in [3.63, 3.8) is 0 Å². The Hall–Kier alpha value is -2.08.